The molecule has 0 aromatic heterocycles. The van der Waals surface area contributed by atoms with Crippen LogP contribution >= 0.6 is 0 Å². The fourth-order valence-corrected chi connectivity index (χ4v) is 2.21. The lowest BCUT2D eigenvalue weighted by Crippen LogP contribution is -2.04. The van der Waals surface area contributed by atoms with E-state index < -0.39 is 17.3 Å². The van der Waals surface area contributed by atoms with Crippen LogP contribution in [0.1, 0.15) is 21.5 Å². The second-order valence-corrected chi connectivity index (χ2v) is 5.24. The smallest absolute Gasteiger partial charge is 0.387 e. The van der Waals surface area contributed by atoms with Crippen molar-refractivity contribution in [2.45, 2.75) is 13.5 Å². The Morgan fingerprint density at radius 1 is 1.19 bits per heavy atom. The number of allylic oxidation sites excluding steroid dienone is 1. The van der Waals surface area contributed by atoms with Gasteiger partial charge in [-0.2, -0.15) is 8.78 Å². The number of carbonyl (C=O) groups excluding carboxylic acids is 1. The van der Waals surface area contributed by atoms with E-state index in [2.05, 4.69) is 4.74 Å². The summed E-state index contributed by atoms with van der Waals surface area (Å²) in [6.07, 6.45) is 2.67. The van der Waals surface area contributed by atoms with E-state index in [-0.39, 0.29) is 22.7 Å². The zero-order valence-corrected chi connectivity index (χ0v) is 13.9. The van der Waals surface area contributed by atoms with Crippen LogP contribution in [0, 0.1) is 17.0 Å². The fourth-order valence-electron chi connectivity index (χ4n) is 2.21. The van der Waals surface area contributed by atoms with Crippen LogP contribution in [0.25, 0.3) is 6.08 Å². The minimum absolute atomic E-state index is 0.00414. The van der Waals surface area contributed by atoms with Gasteiger partial charge in [0.2, 0.25) is 0 Å². The van der Waals surface area contributed by atoms with E-state index in [0.717, 1.165) is 0 Å². The van der Waals surface area contributed by atoms with E-state index in [1.807, 2.05) is 0 Å². The van der Waals surface area contributed by atoms with Crippen LogP contribution in [-0.2, 0) is 0 Å². The molecule has 0 aliphatic carbocycles. The molecule has 0 unspecified atom stereocenters. The number of halogens is 2. The molecule has 0 N–H and O–H groups in total. The molecule has 0 saturated carbocycles. The molecular weight excluding hydrogens is 348 g/mol. The Morgan fingerprint density at radius 2 is 1.92 bits per heavy atom. The maximum absolute atomic E-state index is 12.3. The van der Waals surface area contributed by atoms with Gasteiger partial charge < -0.3 is 9.47 Å². The van der Waals surface area contributed by atoms with Crippen molar-refractivity contribution in [2.75, 3.05) is 7.11 Å². The number of nitro groups is 1. The van der Waals surface area contributed by atoms with Gasteiger partial charge in [0.15, 0.2) is 17.3 Å². The van der Waals surface area contributed by atoms with E-state index in [1.54, 1.807) is 19.1 Å². The van der Waals surface area contributed by atoms with Gasteiger partial charge in [-0.25, -0.2) is 0 Å². The van der Waals surface area contributed by atoms with Crippen LogP contribution < -0.4 is 9.47 Å². The summed E-state index contributed by atoms with van der Waals surface area (Å²) in [5.74, 6) is -0.608. The van der Waals surface area contributed by atoms with Crippen molar-refractivity contribution in [1.82, 2.24) is 0 Å². The number of aryl methyl sites for hydroxylation is 1. The second-order valence-electron chi connectivity index (χ2n) is 5.24. The standard InChI is InChI=1S/C18H15F2NO5/c1-11-3-4-12(9-14(11)21(23)24)5-7-15(22)13-6-8-16(26-18(19)20)17(10-13)25-2/h3-10,18H,1-2H3/b7-5+. The monoisotopic (exact) mass is 363 g/mol. The van der Waals surface area contributed by atoms with Crippen LogP contribution in [0.3, 0.4) is 0 Å². The molecular formula is C18H15F2NO5. The number of ketones is 1. The highest BCUT2D eigenvalue weighted by Gasteiger charge is 2.13. The third-order valence-electron chi connectivity index (χ3n) is 3.52. The lowest BCUT2D eigenvalue weighted by atomic mass is 10.1. The van der Waals surface area contributed by atoms with E-state index in [9.17, 15) is 23.7 Å². The fraction of sp³-hybridized carbons (Fsp3) is 0.167. The molecule has 0 aliphatic heterocycles. The number of hydrogen-bond donors (Lipinski definition) is 0. The molecule has 0 aliphatic rings. The summed E-state index contributed by atoms with van der Waals surface area (Å²) in [4.78, 5) is 22.7. The molecule has 8 heteroatoms. The molecule has 0 atom stereocenters. The number of nitrogens with zero attached hydrogens (tertiary/aromatic N) is 1. The molecule has 0 radical (unpaired) electrons. The summed E-state index contributed by atoms with van der Waals surface area (Å²) in [6, 6.07) is 8.41. The summed E-state index contributed by atoms with van der Waals surface area (Å²) in [7, 11) is 1.27. The number of rotatable bonds is 7. The van der Waals surface area contributed by atoms with Crippen LogP contribution in [0.5, 0.6) is 11.5 Å². The molecule has 2 rings (SSSR count). The molecule has 136 valence electrons. The van der Waals surface area contributed by atoms with Crippen molar-refractivity contribution >= 4 is 17.5 Å². The van der Waals surface area contributed by atoms with Gasteiger partial charge in [-0.1, -0.05) is 18.2 Å². The van der Waals surface area contributed by atoms with Crippen molar-refractivity contribution in [3.8, 4) is 11.5 Å². The molecule has 26 heavy (non-hydrogen) atoms. The van der Waals surface area contributed by atoms with Gasteiger partial charge in [-0.05, 0) is 36.8 Å². The Labute approximate surface area is 147 Å². The molecule has 0 bridgehead atoms. The van der Waals surface area contributed by atoms with Crippen LogP contribution in [0.15, 0.2) is 42.5 Å². The van der Waals surface area contributed by atoms with E-state index in [4.69, 9.17) is 4.74 Å². The first-order chi connectivity index (χ1) is 12.3. The second kappa shape index (κ2) is 8.19. The third kappa shape index (κ3) is 4.62. The van der Waals surface area contributed by atoms with Crippen molar-refractivity contribution in [3.63, 3.8) is 0 Å². The number of benzene rings is 2. The zero-order valence-electron chi connectivity index (χ0n) is 13.9. The Hall–Kier alpha value is -3.29. The Kier molecular flexibility index (Phi) is 6.00. The SMILES string of the molecule is COc1cc(C(=O)/C=C/c2ccc(C)c([N+](=O)[O-])c2)ccc1OC(F)F. The molecule has 6 nitrogen and oxygen atoms in total. The van der Waals surface area contributed by atoms with E-state index in [0.29, 0.717) is 11.1 Å². The molecule has 0 fully saturated rings. The van der Waals surface area contributed by atoms with Crippen molar-refractivity contribution in [2.24, 2.45) is 0 Å². The van der Waals surface area contributed by atoms with E-state index in [1.165, 1.54) is 43.5 Å². The number of hydrogen-bond acceptors (Lipinski definition) is 5. The third-order valence-corrected chi connectivity index (χ3v) is 3.52. The highest BCUT2D eigenvalue weighted by atomic mass is 19.3. The number of alkyl halides is 2. The summed E-state index contributed by atoms with van der Waals surface area (Å²) >= 11 is 0. The first kappa shape index (κ1) is 19.0. The summed E-state index contributed by atoms with van der Waals surface area (Å²) in [5.41, 5.74) is 1.15. The zero-order chi connectivity index (χ0) is 19.3. The molecule has 0 saturated heterocycles. The first-order valence-electron chi connectivity index (χ1n) is 7.42. The topological polar surface area (TPSA) is 78.7 Å². The molecule has 2 aromatic rings. The largest absolute Gasteiger partial charge is 0.493 e. The lowest BCUT2D eigenvalue weighted by molar-refractivity contribution is -0.385. The number of carbonyl (C=O) groups is 1. The minimum Gasteiger partial charge on any atom is -0.493 e. The predicted octanol–water partition coefficient (Wildman–Crippen LogP) is 4.41. The Bertz CT molecular complexity index is 865. The van der Waals surface area contributed by atoms with Crippen molar-refractivity contribution in [1.29, 1.82) is 0 Å². The molecule has 0 spiro atoms. The maximum Gasteiger partial charge on any atom is 0.387 e. The van der Waals surface area contributed by atoms with Gasteiger partial charge in [0.05, 0.1) is 12.0 Å². The van der Waals surface area contributed by atoms with Gasteiger partial charge >= 0.3 is 6.61 Å². The Balaban J connectivity index is 2.23. The first-order valence-corrected chi connectivity index (χ1v) is 7.42. The van der Waals surface area contributed by atoms with Crippen molar-refractivity contribution < 1.29 is 28.0 Å². The van der Waals surface area contributed by atoms with Gasteiger partial charge in [0.25, 0.3) is 5.69 Å². The van der Waals surface area contributed by atoms with Crippen LogP contribution in [0.4, 0.5) is 14.5 Å². The predicted molar refractivity (Wildman–Crippen MR) is 90.8 cm³/mol. The average molecular weight is 363 g/mol. The van der Waals surface area contributed by atoms with Crippen molar-refractivity contribution in [3.05, 3.63) is 69.3 Å². The van der Waals surface area contributed by atoms with Crippen LogP contribution in [-0.4, -0.2) is 24.4 Å². The minimum atomic E-state index is -3.01. The highest BCUT2D eigenvalue weighted by Crippen LogP contribution is 2.29. The molecule has 0 heterocycles. The number of nitro benzene ring substituents is 1. The Morgan fingerprint density at radius 3 is 2.54 bits per heavy atom. The molecule has 0 amide bonds. The van der Waals surface area contributed by atoms with Gasteiger partial charge in [0.1, 0.15) is 0 Å². The average Bonchev–Trinajstić information content (AvgIpc) is 2.60. The van der Waals surface area contributed by atoms with Crippen LogP contribution in [0.2, 0.25) is 0 Å². The summed E-state index contributed by atoms with van der Waals surface area (Å²) < 4.78 is 33.9. The van der Waals surface area contributed by atoms with Gasteiger partial charge in [-0.3, -0.25) is 14.9 Å². The number of methoxy groups -OCH3 is 1. The number of ether oxygens (including phenoxy) is 2. The quantitative estimate of drug-likeness (QED) is 0.315. The van der Waals surface area contributed by atoms with Gasteiger partial charge in [0, 0.05) is 17.2 Å². The summed E-state index contributed by atoms with van der Waals surface area (Å²) in [6.45, 7) is -1.39. The summed E-state index contributed by atoms with van der Waals surface area (Å²) in [5, 5.41) is 10.9. The highest BCUT2D eigenvalue weighted by molar-refractivity contribution is 6.07. The maximum atomic E-state index is 12.3. The lowest BCUT2D eigenvalue weighted by Gasteiger charge is -2.10. The van der Waals surface area contributed by atoms with Gasteiger partial charge in [-0.15, -0.1) is 0 Å². The normalized spacial score (nSPS) is 11.0. The molecule has 2 aromatic carbocycles. The van der Waals surface area contributed by atoms with E-state index >= 15 is 0 Å².